The second-order valence-electron chi connectivity index (χ2n) is 3.92. The van der Waals surface area contributed by atoms with Crippen LogP contribution in [-0.2, 0) is 6.42 Å². The minimum Gasteiger partial charge on any atom is -0.361 e. The highest BCUT2D eigenvalue weighted by Crippen LogP contribution is 2.11. The average molecular weight is 168 g/mol. The molecule has 68 valence electrons. The third kappa shape index (κ3) is 3.05. The Bertz CT molecular complexity index is 247. The van der Waals surface area contributed by atoms with Crippen molar-refractivity contribution in [1.29, 1.82) is 0 Å². The van der Waals surface area contributed by atoms with Crippen LogP contribution in [0.15, 0.2) is 10.6 Å². The van der Waals surface area contributed by atoms with Gasteiger partial charge in [0.2, 0.25) is 0 Å². The lowest BCUT2D eigenvalue weighted by atomic mass is 9.99. The molecule has 0 saturated heterocycles. The van der Waals surface area contributed by atoms with Crippen LogP contribution in [0.2, 0.25) is 0 Å². The smallest absolute Gasteiger partial charge is 0.137 e. The zero-order chi connectivity index (χ0) is 9.19. The molecule has 0 aliphatic heterocycles. The van der Waals surface area contributed by atoms with Crippen LogP contribution in [0.3, 0.4) is 0 Å². The average Bonchev–Trinajstić information content (AvgIpc) is 2.30. The maximum atomic E-state index is 5.83. The lowest BCUT2D eigenvalue weighted by Crippen LogP contribution is -2.32. The van der Waals surface area contributed by atoms with Crippen LogP contribution in [0.5, 0.6) is 0 Å². The summed E-state index contributed by atoms with van der Waals surface area (Å²) in [6.45, 7) is 5.94. The van der Waals surface area contributed by atoms with Crippen LogP contribution >= 0.6 is 0 Å². The molecule has 0 unspecified atom stereocenters. The molecule has 0 atom stereocenters. The first kappa shape index (κ1) is 9.26. The van der Waals surface area contributed by atoms with Crippen LogP contribution in [0.4, 0.5) is 0 Å². The molecule has 1 aromatic heterocycles. The van der Waals surface area contributed by atoms with Crippen molar-refractivity contribution in [2.24, 2.45) is 5.73 Å². The van der Waals surface area contributed by atoms with Gasteiger partial charge in [-0.1, -0.05) is 5.16 Å². The first-order valence-electron chi connectivity index (χ1n) is 4.18. The van der Waals surface area contributed by atoms with Crippen molar-refractivity contribution in [3.63, 3.8) is 0 Å². The van der Waals surface area contributed by atoms with Gasteiger partial charge < -0.3 is 10.3 Å². The standard InChI is InChI=1S/C9H16N2O/c1-7-6-8(12-11-7)4-5-9(2,3)10/h6H,4-5,10H2,1-3H3. The molecule has 2 N–H and O–H groups in total. The minimum absolute atomic E-state index is 0.124. The van der Waals surface area contributed by atoms with Crippen molar-refractivity contribution >= 4 is 0 Å². The number of rotatable bonds is 3. The summed E-state index contributed by atoms with van der Waals surface area (Å²) in [4.78, 5) is 0. The Balaban J connectivity index is 2.44. The van der Waals surface area contributed by atoms with Gasteiger partial charge in [-0.2, -0.15) is 0 Å². The summed E-state index contributed by atoms with van der Waals surface area (Å²) in [5, 5.41) is 3.80. The summed E-state index contributed by atoms with van der Waals surface area (Å²) in [6, 6.07) is 1.95. The molecule has 1 aromatic rings. The Morgan fingerprint density at radius 3 is 2.67 bits per heavy atom. The van der Waals surface area contributed by atoms with Crippen molar-refractivity contribution in [3.05, 3.63) is 17.5 Å². The zero-order valence-electron chi connectivity index (χ0n) is 7.92. The summed E-state index contributed by atoms with van der Waals surface area (Å²) in [7, 11) is 0. The lowest BCUT2D eigenvalue weighted by Gasteiger charge is -2.16. The molecule has 0 aromatic carbocycles. The summed E-state index contributed by atoms with van der Waals surface area (Å²) in [6.07, 6.45) is 1.78. The van der Waals surface area contributed by atoms with Crippen molar-refractivity contribution < 1.29 is 4.52 Å². The van der Waals surface area contributed by atoms with Gasteiger partial charge in [0, 0.05) is 18.0 Å². The third-order valence-electron chi connectivity index (χ3n) is 1.69. The Morgan fingerprint density at radius 2 is 2.25 bits per heavy atom. The number of nitrogens with two attached hydrogens (primary N) is 1. The predicted molar refractivity (Wildman–Crippen MR) is 47.8 cm³/mol. The summed E-state index contributed by atoms with van der Waals surface area (Å²) >= 11 is 0. The Morgan fingerprint density at radius 1 is 1.58 bits per heavy atom. The Kier molecular flexibility index (Phi) is 2.52. The van der Waals surface area contributed by atoms with Gasteiger partial charge in [0.1, 0.15) is 5.76 Å². The van der Waals surface area contributed by atoms with Crippen molar-refractivity contribution in [3.8, 4) is 0 Å². The van der Waals surface area contributed by atoms with Gasteiger partial charge in [-0.15, -0.1) is 0 Å². The third-order valence-corrected chi connectivity index (χ3v) is 1.69. The predicted octanol–water partition coefficient (Wildman–Crippen LogP) is 1.65. The van der Waals surface area contributed by atoms with Crippen molar-refractivity contribution in [2.45, 2.75) is 39.2 Å². The normalized spacial score (nSPS) is 12.0. The lowest BCUT2D eigenvalue weighted by molar-refractivity contribution is 0.361. The van der Waals surface area contributed by atoms with Crippen LogP contribution in [0.25, 0.3) is 0 Å². The highest BCUT2D eigenvalue weighted by atomic mass is 16.5. The molecule has 0 radical (unpaired) electrons. The summed E-state index contributed by atoms with van der Waals surface area (Å²) in [5.41, 5.74) is 6.63. The van der Waals surface area contributed by atoms with Crippen molar-refractivity contribution in [1.82, 2.24) is 5.16 Å². The van der Waals surface area contributed by atoms with Gasteiger partial charge in [0.05, 0.1) is 5.69 Å². The molecular weight excluding hydrogens is 152 g/mol. The molecule has 0 spiro atoms. The fourth-order valence-electron chi connectivity index (χ4n) is 0.979. The highest BCUT2D eigenvalue weighted by Gasteiger charge is 2.11. The molecular formula is C9H16N2O. The molecule has 0 saturated carbocycles. The topological polar surface area (TPSA) is 52.0 Å². The SMILES string of the molecule is Cc1cc(CCC(C)(C)N)on1. The van der Waals surface area contributed by atoms with E-state index in [1.165, 1.54) is 0 Å². The van der Waals surface area contributed by atoms with Crippen LogP contribution in [0, 0.1) is 6.92 Å². The zero-order valence-corrected chi connectivity index (χ0v) is 7.92. The fraction of sp³-hybridized carbons (Fsp3) is 0.667. The molecule has 12 heavy (non-hydrogen) atoms. The number of nitrogens with zero attached hydrogens (tertiary/aromatic N) is 1. The van der Waals surface area contributed by atoms with E-state index < -0.39 is 0 Å². The van der Waals surface area contributed by atoms with E-state index in [2.05, 4.69) is 5.16 Å². The highest BCUT2D eigenvalue weighted by molar-refractivity contribution is 5.03. The quantitative estimate of drug-likeness (QED) is 0.746. The molecule has 0 fully saturated rings. The maximum Gasteiger partial charge on any atom is 0.137 e. The Labute approximate surface area is 72.9 Å². The van der Waals surface area contributed by atoms with Gasteiger partial charge in [0.15, 0.2) is 0 Å². The molecule has 3 nitrogen and oxygen atoms in total. The van der Waals surface area contributed by atoms with E-state index in [1.54, 1.807) is 0 Å². The van der Waals surface area contributed by atoms with Gasteiger partial charge >= 0.3 is 0 Å². The monoisotopic (exact) mass is 168 g/mol. The number of hydrogen-bond donors (Lipinski definition) is 1. The van der Waals surface area contributed by atoms with Gasteiger partial charge in [-0.3, -0.25) is 0 Å². The molecule has 0 amide bonds. The van der Waals surface area contributed by atoms with Gasteiger partial charge in [0.25, 0.3) is 0 Å². The van der Waals surface area contributed by atoms with E-state index in [1.807, 2.05) is 26.8 Å². The summed E-state index contributed by atoms with van der Waals surface area (Å²) in [5.74, 6) is 0.922. The van der Waals surface area contributed by atoms with E-state index in [0.717, 1.165) is 24.3 Å². The van der Waals surface area contributed by atoms with E-state index in [-0.39, 0.29) is 5.54 Å². The van der Waals surface area contributed by atoms with Crippen LogP contribution < -0.4 is 5.73 Å². The summed E-state index contributed by atoms with van der Waals surface area (Å²) < 4.78 is 5.05. The van der Waals surface area contributed by atoms with Crippen LogP contribution in [0.1, 0.15) is 31.7 Å². The number of hydrogen-bond acceptors (Lipinski definition) is 3. The van der Waals surface area contributed by atoms with Crippen molar-refractivity contribution in [2.75, 3.05) is 0 Å². The molecule has 1 rings (SSSR count). The fourth-order valence-corrected chi connectivity index (χ4v) is 0.979. The molecule has 0 bridgehead atoms. The van der Waals surface area contributed by atoms with E-state index in [9.17, 15) is 0 Å². The second-order valence-corrected chi connectivity index (χ2v) is 3.92. The second kappa shape index (κ2) is 3.27. The van der Waals surface area contributed by atoms with E-state index >= 15 is 0 Å². The Hall–Kier alpha value is -0.830. The molecule has 0 aliphatic rings. The molecule has 3 heteroatoms. The minimum atomic E-state index is -0.124. The van der Waals surface area contributed by atoms with Gasteiger partial charge in [-0.25, -0.2) is 0 Å². The maximum absolute atomic E-state index is 5.83. The molecule has 1 heterocycles. The van der Waals surface area contributed by atoms with E-state index in [4.69, 9.17) is 10.3 Å². The number of aromatic nitrogens is 1. The largest absolute Gasteiger partial charge is 0.361 e. The molecule has 0 aliphatic carbocycles. The number of aryl methyl sites for hydroxylation is 2. The first-order valence-corrected chi connectivity index (χ1v) is 4.18. The van der Waals surface area contributed by atoms with Gasteiger partial charge in [-0.05, 0) is 27.2 Å². The van der Waals surface area contributed by atoms with Crippen LogP contribution in [-0.4, -0.2) is 10.7 Å². The first-order chi connectivity index (χ1) is 5.47. The van der Waals surface area contributed by atoms with E-state index in [0.29, 0.717) is 0 Å².